The van der Waals surface area contributed by atoms with E-state index in [9.17, 15) is 9.90 Å². The third-order valence-electron chi connectivity index (χ3n) is 3.55. The summed E-state index contributed by atoms with van der Waals surface area (Å²) in [5.74, 6) is 0.299. The van der Waals surface area contributed by atoms with Crippen LogP contribution in [0.1, 0.15) is 22.2 Å². The summed E-state index contributed by atoms with van der Waals surface area (Å²) in [4.78, 5) is 12.5. The van der Waals surface area contributed by atoms with Crippen LogP contribution < -0.4 is 5.32 Å². The summed E-state index contributed by atoms with van der Waals surface area (Å²) in [6.07, 6.45) is 3.43. The standard InChI is InChI=1S/C16H16N2O3/c1-18-8-7-11-12(4-2-5-14(11)18)16(20)17-13(10-19)15-6-3-9-21-15/h2-9,13,19H,10H2,1H3,(H,17,20). The van der Waals surface area contributed by atoms with Gasteiger partial charge in [0.15, 0.2) is 0 Å². The monoisotopic (exact) mass is 284 g/mol. The van der Waals surface area contributed by atoms with Crippen molar-refractivity contribution in [3.05, 3.63) is 60.2 Å². The van der Waals surface area contributed by atoms with E-state index in [-0.39, 0.29) is 12.5 Å². The predicted molar refractivity (Wildman–Crippen MR) is 78.9 cm³/mol. The largest absolute Gasteiger partial charge is 0.467 e. The zero-order chi connectivity index (χ0) is 14.8. The number of nitrogens with zero attached hydrogens (tertiary/aromatic N) is 1. The minimum absolute atomic E-state index is 0.218. The van der Waals surface area contributed by atoms with Crippen molar-refractivity contribution in [2.75, 3.05) is 6.61 Å². The molecule has 2 N–H and O–H groups in total. The fourth-order valence-corrected chi connectivity index (χ4v) is 2.43. The minimum atomic E-state index is -0.550. The van der Waals surface area contributed by atoms with Crippen molar-refractivity contribution >= 4 is 16.8 Å². The van der Waals surface area contributed by atoms with Crippen molar-refractivity contribution < 1.29 is 14.3 Å². The van der Waals surface area contributed by atoms with Gasteiger partial charge in [-0.25, -0.2) is 0 Å². The van der Waals surface area contributed by atoms with Gasteiger partial charge in [0.1, 0.15) is 11.8 Å². The lowest BCUT2D eigenvalue weighted by Gasteiger charge is -2.14. The van der Waals surface area contributed by atoms with Crippen molar-refractivity contribution in [3.8, 4) is 0 Å². The molecule has 3 rings (SSSR count). The van der Waals surface area contributed by atoms with Crippen LogP contribution in [0.4, 0.5) is 0 Å². The first-order valence-electron chi connectivity index (χ1n) is 6.70. The number of furan rings is 1. The van der Waals surface area contributed by atoms with Crippen molar-refractivity contribution in [2.45, 2.75) is 6.04 Å². The second kappa shape index (κ2) is 5.46. The number of fused-ring (bicyclic) bond motifs is 1. The van der Waals surface area contributed by atoms with E-state index in [0.29, 0.717) is 11.3 Å². The lowest BCUT2D eigenvalue weighted by atomic mass is 10.1. The van der Waals surface area contributed by atoms with E-state index in [1.165, 1.54) is 6.26 Å². The molecule has 1 atom stereocenters. The van der Waals surface area contributed by atoms with Crippen LogP contribution in [0.15, 0.2) is 53.3 Å². The summed E-state index contributed by atoms with van der Waals surface area (Å²) in [7, 11) is 1.93. The van der Waals surface area contributed by atoms with Crippen molar-refractivity contribution in [2.24, 2.45) is 7.05 Å². The van der Waals surface area contributed by atoms with E-state index in [1.54, 1.807) is 18.2 Å². The molecule has 2 aromatic heterocycles. The van der Waals surface area contributed by atoms with Gasteiger partial charge in [0, 0.05) is 29.7 Å². The molecule has 0 aliphatic carbocycles. The first kappa shape index (κ1) is 13.5. The molecule has 1 amide bonds. The van der Waals surface area contributed by atoms with Crippen molar-refractivity contribution in [3.63, 3.8) is 0 Å². The Bertz CT molecular complexity index is 759. The Hall–Kier alpha value is -2.53. The smallest absolute Gasteiger partial charge is 0.252 e. The third kappa shape index (κ3) is 2.43. The molecule has 108 valence electrons. The number of aryl methyl sites for hydroxylation is 1. The van der Waals surface area contributed by atoms with Gasteiger partial charge in [-0.3, -0.25) is 4.79 Å². The SMILES string of the molecule is Cn1ccc2c(C(=O)NC(CO)c3ccco3)cccc21. The number of amides is 1. The molecule has 0 radical (unpaired) electrons. The zero-order valence-corrected chi connectivity index (χ0v) is 11.6. The van der Waals surface area contributed by atoms with Crippen molar-refractivity contribution in [1.29, 1.82) is 0 Å². The van der Waals surface area contributed by atoms with Crippen LogP contribution >= 0.6 is 0 Å². The average Bonchev–Trinajstić information content (AvgIpc) is 3.15. The van der Waals surface area contributed by atoms with Gasteiger partial charge in [0.2, 0.25) is 0 Å². The van der Waals surface area contributed by atoms with Crippen LogP contribution in [0, 0.1) is 0 Å². The second-order valence-corrected chi connectivity index (χ2v) is 4.89. The number of carbonyl (C=O) groups is 1. The van der Waals surface area contributed by atoms with Gasteiger partial charge >= 0.3 is 0 Å². The number of hydrogen-bond acceptors (Lipinski definition) is 3. The lowest BCUT2D eigenvalue weighted by Crippen LogP contribution is -2.30. The Labute approximate surface area is 121 Å². The molecule has 0 spiro atoms. The number of benzene rings is 1. The number of hydrogen-bond donors (Lipinski definition) is 2. The number of rotatable bonds is 4. The van der Waals surface area contributed by atoms with Gasteiger partial charge in [0.25, 0.3) is 5.91 Å². The number of carbonyl (C=O) groups excluding carboxylic acids is 1. The van der Waals surface area contributed by atoms with Crippen LogP contribution in [0.2, 0.25) is 0 Å². The molecule has 21 heavy (non-hydrogen) atoms. The summed E-state index contributed by atoms with van der Waals surface area (Å²) >= 11 is 0. The fourth-order valence-electron chi connectivity index (χ4n) is 2.43. The molecular formula is C16H16N2O3. The Morgan fingerprint density at radius 2 is 2.19 bits per heavy atom. The highest BCUT2D eigenvalue weighted by Crippen LogP contribution is 2.21. The highest BCUT2D eigenvalue weighted by Gasteiger charge is 2.19. The number of aliphatic hydroxyl groups excluding tert-OH is 1. The third-order valence-corrected chi connectivity index (χ3v) is 3.55. The topological polar surface area (TPSA) is 67.4 Å². The summed E-state index contributed by atoms with van der Waals surface area (Å²) in [6.45, 7) is -0.218. The van der Waals surface area contributed by atoms with Gasteiger partial charge < -0.3 is 19.4 Å². The van der Waals surface area contributed by atoms with Gasteiger partial charge in [-0.15, -0.1) is 0 Å². The van der Waals surface area contributed by atoms with E-state index < -0.39 is 6.04 Å². The summed E-state index contributed by atoms with van der Waals surface area (Å²) in [5.41, 5.74) is 1.57. The molecule has 0 aliphatic rings. The van der Waals surface area contributed by atoms with Gasteiger partial charge in [0.05, 0.1) is 12.9 Å². The van der Waals surface area contributed by atoms with Gasteiger partial charge in [-0.2, -0.15) is 0 Å². The van der Waals surface area contributed by atoms with Crippen LogP contribution in [0.3, 0.4) is 0 Å². The van der Waals surface area contributed by atoms with Crippen LogP contribution in [0.25, 0.3) is 10.9 Å². The molecule has 5 heteroatoms. The normalized spacial score (nSPS) is 12.5. The Kier molecular flexibility index (Phi) is 3.50. The Morgan fingerprint density at radius 1 is 1.33 bits per heavy atom. The molecule has 1 aromatic carbocycles. The highest BCUT2D eigenvalue weighted by molar-refractivity contribution is 6.06. The van der Waals surface area contributed by atoms with E-state index in [0.717, 1.165) is 10.9 Å². The van der Waals surface area contributed by atoms with E-state index in [2.05, 4.69) is 5.32 Å². The molecular weight excluding hydrogens is 268 g/mol. The molecule has 0 saturated carbocycles. The second-order valence-electron chi connectivity index (χ2n) is 4.89. The maximum absolute atomic E-state index is 12.5. The Morgan fingerprint density at radius 3 is 2.90 bits per heavy atom. The number of aromatic nitrogens is 1. The first-order valence-corrected chi connectivity index (χ1v) is 6.70. The van der Waals surface area contributed by atoms with Crippen LogP contribution in [-0.2, 0) is 7.05 Å². The molecule has 2 heterocycles. The predicted octanol–water partition coefficient (Wildman–Crippen LogP) is 2.23. The van der Waals surface area contributed by atoms with Gasteiger partial charge in [-0.05, 0) is 30.3 Å². The van der Waals surface area contributed by atoms with Crippen molar-refractivity contribution in [1.82, 2.24) is 9.88 Å². The number of aliphatic hydroxyl groups is 1. The average molecular weight is 284 g/mol. The molecule has 0 saturated heterocycles. The molecule has 0 aliphatic heterocycles. The van der Waals surface area contributed by atoms with E-state index in [1.807, 2.05) is 36.0 Å². The van der Waals surface area contributed by atoms with Crippen LogP contribution in [-0.4, -0.2) is 22.2 Å². The maximum atomic E-state index is 12.5. The first-order chi connectivity index (χ1) is 10.2. The molecule has 0 bridgehead atoms. The maximum Gasteiger partial charge on any atom is 0.252 e. The minimum Gasteiger partial charge on any atom is -0.467 e. The molecule has 5 nitrogen and oxygen atoms in total. The quantitative estimate of drug-likeness (QED) is 0.772. The fraction of sp³-hybridized carbons (Fsp3) is 0.188. The summed E-state index contributed by atoms with van der Waals surface area (Å²) in [6, 6.07) is 10.4. The van der Waals surface area contributed by atoms with Crippen LogP contribution in [0.5, 0.6) is 0 Å². The lowest BCUT2D eigenvalue weighted by molar-refractivity contribution is 0.0909. The zero-order valence-electron chi connectivity index (χ0n) is 11.6. The van der Waals surface area contributed by atoms with E-state index >= 15 is 0 Å². The molecule has 3 aromatic rings. The number of nitrogens with one attached hydrogen (secondary N) is 1. The molecule has 0 fully saturated rings. The Balaban J connectivity index is 1.90. The summed E-state index contributed by atoms with van der Waals surface area (Å²) in [5, 5.41) is 13.1. The molecule has 1 unspecified atom stereocenters. The van der Waals surface area contributed by atoms with Gasteiger partial charge in [-0.1, -0.05) is 6.07 Å². The van der Waals surface area contributed by atoms with E-state index in [4.69, 9.17) is 4.42 Å². The highest BCUT2D eigenvalue weighted by atomic mass is 16.3. The summed E-state index contributed by atoms with van der Waals surface area (Å²) < 4.78 is 7.20.